The number of nitrogens with one attached hydrogen (secondary N) is 1. The third-order valence-corrected chi connectivity index (χ3v) is 4.84. The number of esters is 1. The Morgan fingerprint density at radius 3 is 2.61 bits per heavy atom. The van der Waals surface area contributed by atoms with Gasteiger partial charge in [0.1, 0.15) is 5.75 Å². The summed E-state index contributed by atoms with van der Waals surface area (Å²) in [4.78, 5) is 48.3. The van der Waals surface area contributed by atoms with E-state index < -0.39 is 17.6 Å². The van der Waals surface area contributed by atoms with Gasteiger partial charge in [0.25, 0.3) is 5.91 Å². The van der Waals surface area contributed by atoms with Gasteiger partial charge in [-0.2, -0.15) is 0 Å². The van der Waals surface area contributed by atoms with Crippen LogP contribution >= 0.6 is 0 Å². The normalized spacial score (nSPS) is 14.4. The summed E-state index contributed by atoms with van der Waals surface area (Å²) < 4.78 is 15.5. The van der Waals surface area contributed by atoms with Gasteiger partial charge in [0, 0.05) is 24.5 Å². The fraction of sp³-hybridized carbons (Fsp3) is 0.381. The van der Waals surface area contributed by atoms with Crippen LogP contribution in [-0.4, -0.2) is 59.7 Å². The predicted molar refractivity (Wildman–Crippen MR) is 108 cm³/mol. The van der Waals surface area contributed by atoms with E-state index in [-0.39, 0.29) is 37.9 Å². The van der Waals surface area contributed by atoms with Crippen molar-refractivity contribution in [2.24, 2.45) is 0 Å². The molecular formula is C21H24N4O6. The van der Waals surface area contributed by atoms with Gasteiger partial charge in [-0.25, -0.2) is 9.59 Å². The Labute approximate surface area is 179 Å². The molecule has 1 aliphatic heterocycles. The van der Waals surface area contributed by atoms with E-state index >= 15 is 0 Å². The van der Waals surface area contributed by atoms with Crippen LogP contribution in [0.25, 0.3) is 0 Å². The molecule has 164 valence electrons. The molecule has 1 atom stereocenters. The highest BCUT2D eigenvalue weighted by atomic mass is 16.6. The molecule has 1 N–H and O–H groups in total. The summed E-state index contributed by atoms with van der Waals surface area (Å²) in [6, 6.07) is 5.19. The van der Waals surface area contributed by atoms with Gasteiger partial charge in [0.05, 0.1) is 38.8 Å². The highest BCUT2D eigenvalue weighted by molar-refractivity contribution is 5.99. The van der Waals surface area contributed by atoms with E-state index in [0.29, 0.717) is 11.3 Å². The Bertz CT molecular complexity index is 968. The molecule has 0 bridgehead atoms. The number of methoxy groups -OCH3 is 1. The van der Waals surface area contributed by atoms with Gasteiger partial charge in [-0.15, -0.1) is 0 Å². The summed E-state index contributed by atoms with van der Waals surface area (Å²) in [5.74, 6) is -0.536. The second kappa shape index (κ2) is 9.41. The zero-order valence-electron chi connectivity index (χ0n) is 17.6. The first-order chi connectivity index (χ1) is 14.9. The summed E-state index contributed by atoms with van der Waals surface area (Å²) in [5.41, 5.74) is -0.438. The zero-order chi connectivity index (χ0) is 22.4. The number of carbonyl (C=O) groups excluding carboxylic acids is 3. The zero-order valence-corrected chi connectivity index (χ0v) is 17.6. The number of ether oxygens (including phenoxy) is 3. The third kappa shape index (κ3) is 4.42. The number of hydrogen-bond donors (Lipinski definition) is 1. The molecule has 0 unspecified atom stereocenters. The quantitative estimate of drug-likeness (QED) is 0.630. The fourth-order valence-electron chi connectivity index (χ4n) is 3.40. The first kappa shape index (κ1) is 22.0. The van der Waals surface area contributed by atoms with Crippen LogP contribution in [0.15, 0.2) is 36.8 Å². The van der Waals surface area contributed by atoms with Crippen molar-refractivity contribution in [3.8, 4) is 5.75 Å². The summed E-state index contributed by atoms with van der Waals surface area (Å²) >= 11 is 0. The molecule has 2 heterocycles. The van der Waals surface area contributed by atoms with Crippen LogP contribution in [0.1, 0.15) is 35.5 Å². The number of amides is 2. The molecule has 0 saturated heterocycles. The fourth-order valence-corrected chi connectivity index (χ4v) is 3.40. The van der Waals surface area contributed by atoms with E-state index in [1.807, 2.05) is 0 Å². The number of benzene rings is 1. The molecular weight excluding hydrogens is 404 g/mol. The van der Waals surface area contributed by atoms with Crippen molar-refractivity contribution in [3.63, 3.8) is 0 Å². The average Bonchev–Trinajstić information content (AvgIpc) is 3.08. The minimum absolute atomic E-state index is 0.0662. The lowest BCUT2D eigenvalue weighted by atomic mass is 9.94. The summed E-state index contributed by atoms with van der Waals surface area (Å²) in [7, 11) is 1.52. The number of rotatable bonds is 8. The molecule has 0 saturated carbocycles. The second-order valence-electron chi connectivity index (χ2n) is 6.75. The van der Waals surface area contributed by atoms with Crippen LogP contribution in [0.3, 0.4) is 0 Å². The minimum Gasteiger partial charge on any atom is -0.497 e. The Kier molecular flexibility index (Phi) is 6.68. The van der Waals surface area contributed by atoms with Crippen LogP contribution in [0.4, 0.5) is 4.79 Å². The van der Waals surface area contributed by atoms with Crippen molar-refractivity contribution in [1.29, 1.82) is 0 Å². The molecule has 1 aromatic heterocycles. The van der Waals surface area contributed by atoms with Crippen LogP contribution in [0, 0.1) is 0 Å². The highest BCUT2D eigenvalue weighted by Gasteiger charge is 2.49. The summed E-state index contributed by atoms with van der Waals surface area (Å²) in [6.45, 7) is 3.47. The van der Waals surface area contributed by atoms with Gasteiger partial charge in [0.15, 0.2) is 0 Å². The van der Waals surface area contributed by atoms with Crippen LogP contribution in [-0.2, 0) is 26.4 Å². The molecule has 0 spiro atoms. The lowest BCUT2D eigenvalue weighted by molar-refractivity contribution is -0.152. The van der Waals surface area contributed by atoms with E-state index in [9.17, 15) is 14.4 Å². The van der Waals surface area contributed by atoms with Gasteiger partial charge < -0.3 is 19.1 Å². The van der Waals surface area contributed by atoms with Crippen molar-refractivity contribution >= 4 is 18.0 Å². The first-order valence-corrected chi connectivity index (χ1v) is 9.80. The number of alkyl carbamates (subject to hydrolysis) is 1. The monoisotopic (exact) mass is 428 g/mol. The second-order valence-corrected chi connectivity index (χ2v) is 6.75. The highest BCUT2D eigenvalue weighted by Crippen LogP contribution is 2.31. The smallest absolute Gasteiger partial charge is 0.408 e. The van der Waals surface area contributed by atoms with E-state index in [4.69, 9.17) is 14.2 Å². The molecule has 1 aromatic carbocycles. The van der Waals surface area contributed by atoms with Gasteiger partial charge in [-0.1, -0.05) is 6.07 Å². The average molecular weight is 428 g/mol. The van der Waals surface area contributed by atoms with Gasteiger partial charge in [-0.05, 0) is 31.5 Å². The molecule has 0 aliphatic carbocycles. The predicted octanol–water partition coefficient (Wildman–Crippen LogP) is 1.65. The van der Waals surface area contributed by atoms with Crippen molar-refractivity contribution in [1.82, 2.24) is 20.2 Å². The van der Waals surface area contributed by atoms with E-state index in [0.717, 1.165) is 5.56 Å². The van der Waals surface area contributed by atoms with Crippen molar-refractivity contribution in [2.75, 3.05) is 26.9 Å². The molecule has 0 fully saturated rings. The number of fused-ring (bicyclic) bond motifs is 1. The number of aromatic nitrogens is 2. The molecule has 2 aromatic rings. The van der Waals surface area contributed by atoms with Crippen molar-refractivity contribution in [3.05, 3.63) is 53.6 Å². The SMILES string of the molecule is CCOC(=O)N[C@](CN1Cc2ccc(OC)cc2C1=O)(C(=O)OCC)c1cnccn1. The number of nitrogens with zero attached hydrogens (tertiary/aromatic N) is 3. The maximum atomic E-state index is 13.2. The Morgan fingerprint density at radius 2 is 1.97 bits per heavy atom. The van der Waals surface area contributed by atoms with Crippen LogP contribution in [0.2, 0.25) is 0 Å². The van der Waals surface area contributed by atoms with Gasteiger partial charge in [-0.3, -0.25) is 20.1 Å². The lowest BCUT2D eigenvalue weighted by Crippen LogP contribution is -2.59. The lowest BCUT2D eigenvalue weighted by Gasteiger charge is -2.34. The molecule has 1 aliphatic rings. The Morgan fingerprint density at radius 1 is 1.19 bits per heavy atom. The van der Waals surface area contributed by atoms with Crippen LogP contribution in [0.5, 0.6) is 5.75 Å². The third-order valence-electron chi connectivity index (χ3n) is 4.84. The molecule has 0 radical (unpaired) electrons. The number of hydrogen-bond acceptors (Lipinski definition) is 8. The van der Waals surface area contributed by atoms with Gasteiger partial charge in [0.2, 0.25) is 5.54 Å². The van der Waals surface area contributed by atoms with E-state index in [1.54, 1.807) is 32.0 Å². The van der Waals surface area contributed by atoms with Crippen molar-refractivity contribution in [2.45, 2.75) is 25.9 Å². The summed E-state index contributed by atoms with van der Waals surface area (Å²) in [5, 5.41) is 2.57. The molecule has 31 heavy (non-hydrogen) atoms. The standard InChI is InChI=1S/C21H24N4O6/c1-4-30-19(27)21(24-20(28)31-5-2,17-11-22-8-9-23-17)13-25-12-14-6-7-15(29-3)10-16(14)18(25)26/h6-11H,4-5,12-13H2,1-3H3,(H,24,28)/t21-/m0/s1. The first-order valence-electron chi connectivity index (χ1n) is 9.80. The maximum absolute atomic E-state index is 13.2. The van der Waals surface area contributed by atoms with E-state index in [1.165, 1.54) is 30.6 Å². The van der Waals surface area contributed by atoms with Crippen LogP contribution < -0.4 is 10.1 Å². The maximum Gasteiger partial charge on any atom is 0.408 e. The number of carbonyl (C=O) groups is 3. The molecule has 2 amide bonds. The van der Waals surface area contributed by atoms with Crippen molar-refractivity contribution < 1.29 is 28.6 Å². The minimum atomic E-state index is -1.81. The molecule has 10 heteroatoms. The Hall–Kier alpha value is -3.69. The largest absolute Gasteiger partial charge is 0.497 e. The van der Waals surface area contributed by atoms with Gasteiger partial charge >= 0.3 is 12.1 Å². The Balaban J connectivity index is 2.02. The topological polar surface area (TPSA) is 120 Å². The molecule has 3 rings (SSSR count). The van der Waals surface area contributed by atoms with E-state index in [2.05, 4.69) is 15.3 Å². The summed E-state index contributed by atoms with van der Waals surface area (Å²) in [6.07, 6.45) is 3.33. The molecule has 10 nitrogen and oxygen atoms in total.